The van der Waals surface area contributed by atoms with E-state index in [1.807, 2.05) is 0 Å². The predicted molar refractivity (Wildman–Crippen MR) is 77.9 cm³/mol. The van der Waals surface area contributed by atoms with Crippen molar-refractivity contribution in [2.75, 3.05) is 19.7 Å². The lowest BCUT2D eigenvalue weighted by atomic mass is 9.95. The smallest absolute Gasteiger partial charge is 0.0610 e. The molecule has 18 heavy (non-hydrogen) atoms. The predicted octanol–water partition coefficient (Wildman–Crippen LogP) is 2.39. The van der Waals surface area contributed by atoms with E-state index in [4.69, 9.17) is 0 Å². The molecule has 1 saturated carbocycles. The molecule has 2 N–H and O–H groups in total. The highest BCUT2D eigenvalue weighted by atomic mass is 16.3. The molecule has 0 aromatic heterocycles. The maximum atomic E-state index is 9.53. The molecule has 0 aromatic carbocycles. The van der Waals surface area contributed by atoms with Gasteiger partial charge in [0.1, 0.15) is 0 Å². The molecule has 1 atom stereocenters. The van der Waals surface area contributed by atoms with Crippen LogP contribution in [0.15, 0.2) is 0 Å². The quantitative estimate of drug-likeness (QED) is 0.589. The number of aliphatic hydroxyl groups excluding tert-OH is 1. The minimum Gasteiger partial charge on any atom is -0.394 e. The third-order valence-electron chi connectivity index (χ3n) is 4.04. The first-order valence-corrected chi connectivity index (χ1v) is 7.63. The zero-order chi connectivity index (χ0) is 13.6. The molecule has 0 bridgehead atoms. The van der Waals surface area contributed by atoms with Crippen molar-refractivity contribution in [1.82, 2.24) is 10.2 Å². The van der Waals surface area contributed by atoms with E-state index in [-0.39, 0.29) is 12.1 Å². The van der Waals surface area contributed by atoms with Crippen LogP contribution in [0.5, 0.6) is 0 Å². The Labute approximate surface area is 113 Å². The third kappa shape index (κ3) is 5.68. The van der Waals surface area contributed by atoms with Gasteiger partial charge in [-0.2, -0.15) is 0 Å². The fourth-order valence-electron chi connectivity index (χ4n) is 2.53. The molecular formula is C15H32N2O. The number of rotatable bonds is 10. The summed E-state index contributed by atoms with van der Waals surface area (Å²) in [6.45, 7) is 11.5. The van der Waals surface area contributed by atoms with Gasteiger partial charge < -0.3 is 15.3 Å². The highest BCUT2D eigenvalue weighted by molar-refractivity contribution is 4.92. The summed E-state index contributed by atoms with van der Waals surface area (Å²) in [6.07, 6.45) is 6.07. The lowest BCUT2D eigenvalue weighted by Crippen LogP contribution is -2.47. The Morgan fingerprint density at radius 2 is 2.00 bits per heavy atom. The van der Waals surface area contributed by atoms with E-state index >= 15 is 0 Å². The average Bonchev–Trinajstić information content (AvgIpc) is 3.12. The van der Waals surface area contributed by atoms with Gasteiger partial charge in [0.2, 0.25) is 0 Å². The molecule has 0 saturated heterocycles. The Morgan fingerprint density at radius 1 is 1.33 bits per heavy atom. The summed E-state index contributed by atoms with van der Waals surface area (Å²) in [4.78, 5) is 2.50. The van der Waals surface area contributed by atoms with E-state index in [1.54, 1.807) is 0 Å². The molecular weight excluding hydrogens is 224 g/mol. The van der Waals surface area contributed by atoms with Crippen molar-refractivity contribution in [1.29, 1.82) is 0 Å². The van der Waals surface area contributed by atoms with Crippen LogP contribution in [0.3, 0.4) is 0 Å². The molecule has 1 fully saturated rings. The molecule has 3 heteroatoms. The van der Waals surface area contributed by atoms with Crippen LogP contribution in [0.25, 0.3) is 0 Å². The molecule has 0 aromatic rings. The van der Waals surface area contributed by atoms with Crippen LogP contribution in [-0.4, -0.2) is 47.3 Å². The van der Waals surface area contributed by atoms with E-state index in [9.17, 15) is 5.11 Å². The van der Waals surface area contributed by atoms with Crippen molar-refractivity contribution >= 4 is 0 Å². The fraction of sp³-hybridized carbons (Fsp3) is 1.00. The summed E-state index contributed by atoms with van der Waals surface area (Å²) >= 11 is 0. The highest BCUT2D eigenvalue weighted by Crippen LogP contribution is 2.24. The maximum Gasteiger partial charge on any atom is 0.0610 e. The number of nitrogens with zero attached hydrogens (tertiary/aromatic N) is 1. The van der Waals surface area contributed by atoms with Crippen LogP contribution < -0.4 is 5.32 Å². The Bertz CT molecular complexity index is 229. The highest BCUT2D eigenvalue weighted by Gasteiger charge is 2.31. The zero-order valence-corrected chi connectivity index (χ0v) is 12.7. The summed E-state index contributed by atoms with van der Waals surface area (Å²) in [6, 6.07) is 1.31. The second kappa shape index (κ2) is 7.46. The first-order valence-electron chi connectivity index (χ1n) is 7.63. The molecule has 0 radical (unpaired) electrons. The topological polar surface area (TPSA) is 35.5 Å². The normalized spacial score (nSPS) is 19.5. The summed E-state index contributed by atoms with van der Waals surface area (Å²) in [5.74, 6) is 0. The van der Waals surface area contributed by atoms with E-state index in [0.717, 1.165) is 13.0 Å². The number of unbranched alkanes of at least 4 members (excludes halogenated alkanes) is 1. The lowest BCUT2D eigenvalue weighted by Gasteiger charge is -2.30. The Kier molecular flexibility index (Phi) is 6.61. The van der Waals surface area contributed by atoms with Gasteiger partial charge in [-0.05, 0) is 59.5 Å². The Balaban J connectivity index is 2.18. The number of aliphatic hydroxyl groups is 1. The lowest BCUT2D eigenvalue weighted by molar-refractivity contribution is 0.157. The molecule has 0 amide bonds. The van der Waals surface area contributed by atoms with Gasteiger partial charge in [-0.1, -0.05) is 13.3 Å². The van der Waals surface area contributed by atoms with Crippen LogP contribution in [0.2, 0.25) is 0 Å². The van der Waals surface area contributed by atoms with Gasteiger partial charge in [0.15, 0.2) is 0 Å². The molecule has 108 valence electrons. The van der Waals surface area contributed by atoms with Crippen molar-refractivity contribution in [2.24, 2.45) is 0 Å². The Hall–Kier alpha value is -0.120. The minimum absolute atomic E-state index is 0.0595. The third-order valence-corrected chi connectivity index (χ3v) is 4.04. The van der Waals surface area contributed by atoms with Crippen molar-refractivity contribution in [3.8, 4) is 0 Å². The first kappa shape index (κ1) is 15.9. The summed E-state index contributed by atoms with van der Waals surface area (Å²) in [7, 11) is 0. The number of hydrogen-bond acceptors (Lipinski definition) is 3. The van der Waals surface area contributed by atoms with Crippen LogP contribution in [0.1, 0.15) is 59.8 Å². The van der Waals surface area contributed by atoms with Crippen molar-refractivity contribution in [3.63, 3.8) is 0 Å². The molecule has 1 unspecified atom stereocenters. The Morgan fingerprint density at radius 3 is 2.44 bits per heavy atom. The van der Waals surface area contributed by atoms with Gasteiger partial charge in [0.05, 0.1) is 6.61 Å². The molecule has 1 rings (SSSR count). The van der Waals surface area contributed by atoms with Crippen molar-refractivity contribution in [2.45, 2.75) is 77.4 Å². The SMILES string of the molecule is CCN(CCCCC(C)(CO)NC1CC1)C(C)C. The van der Waals surface area contributed by atoms with Crippen LogP contribution >= 0.6 is 0 Å². The molecule has 0 heterocycles. The van der Waals surface area contributed by atoms with E-state index < -0.39 is 0 Å². The van der Waals surface area contributed by atoms with Crippen LogP contribution in [-0.2, 0) is 0 Å². The van der Waals surface area contributed by atoms with Gasteiger partial charge >= 0.3 is 0 Å². The van der Waals surface area contributed by atoms with Gasteiger partial charge in [-0.15, -0.1) is 0 Å². The van der Waals surface area contributed by atoms with E-state index in [0.29, 0.717) is 12.1 Å². The summed E-state index contributed by atoms with van der Waals surface area (Å²) in [5.41, 5.74) is -0.0595. The first-order chi connectivity index (χ1) is 8.50. The standard InChI is InChI=1S/C15H32N2O/c1-5-17(13(2)3)11-7-6-10-15(4,12-18)16-14-8-9-14/h13-14,16,18H,5-12H2,1-4H3. The maximum absolute atomic E-state index is 9.53. The van der Waals surface area contributed by atoms with E-state index in [1.165, 1.54) is 32.2 Å². The molecule has 0 aliphatic heterocycles. The molecule has 1 aliphatic rings. The van der Waals surface area contributed by atoms with Crippen molar-refractivity contribution < 1.29 is 5.11 Å². The fourth-order valence-corrected chi connectivity index (χ4v) is 2.53. The second-order valence-corrected chi connectivity index (χ2v) is 6.32. The van der Waals surface area contributed by atoms with Gasteiger partial charge in [0.25, 0.3) is 0 Å². The zero-order valence-electron chi connectivity index (χ0n) is 12.7. The van der Waals surface area contributed by atoms with E-state index in [2.05, 4.69) is 37.9 Å². The van der Waals surface area contributed by atoms with Gasteiger partial charge in [-0.25, -0.2) is 0 Å². The average molecular weight is 256 g/mol. The molecule has 1 aliphatic carbocycles. The van der Waals surface area contributed by atoms with Crippen LogP contribution in [0.4, 0.5) is 0 Å². The summed E-state index contributed by atoms with van der Waals surface area (Å²) < 4.78 is 0. The van der Waals surface area contributed by atoms with Gasteiger partial charge in [-0.3, -0.25) is 0 Å². The van der Waals surface area contributed by atoms with Gasteiger partial charge in [0, 0.05) is 17.6 Å². The minimum atomic E-state index is -0.0595. The second-order valence-electron chi connectivity index (χ2n) is 6.32. The molecule has 0 spiro atoms. The number of hydrogen-bond donors (Lipinski definition) is 2. The van der Waals surface area contributed by atoms with Crippen LogP contribution in [0, 0.1) is 0 Å². The summed E-state index contributed by atoms with van der Waals surface area (Å²) in [5, 5.41) is 13.1. The largest absolute Gasteiger partial charge is 0.394 e. The number of nitrogens with one attached hydrogen (secondary N) is 1. The molecule has 3 nitrogen and oxygen atoms in total. The van der Waals surface area contributed by atoms with Crippen molar-refractivity contribution in [3.05, 3.63) is 0 Å². The monoisotopic (exact) mass is 256 g/mol.